The van der Waals surface area contributed by atoms with E-state index in [4.69, 9.17) is 4.74 Å². The molecular formula is C20H16BrF3N2O2. The normalized spacial score (nSPS) is 11.5. The molecule has 2 aromatic heterocycles. The highest BCUT2D eigenvalue weighted by molar-refractivity contribution is 9.10. The third-order valence-corrected chi connectivity index (χ3v) is 5.18. The van der Waals surface area contributed by atoms with Gasteiger partial charge in [0, 0.05) is 34.8 Å². The predicted molar refractivity (Wildman–Crippen MR) is 103 cm³/mol. The summed E-state index contributed by atoms with van der Waals surface area (Å²) in [5, 5.41) is 0. The highest BCUT2D eigenvalue weighted by Gasteiger charge is 2.33. The van der Waals surface area contributed by atoms with Crippen molar-refractivity contribution in [2.45, 2.75) is 26.6 Å². The van der Waals surface area contributed by atoms with Gasteiger partial charge in [0.15, 0.2) is 0 Å². The Morgan fingerprint density at radius 3 is 2.46 bits per heavy atom. The van der Waals surface area contributed by atoms with E-state index in [-0.39, 0.29) is 23.5 Å². The molecule has 3 rings (SSSR count). The molecule has 4 nitrogen and oxygen atoms in total. The van der Waals surface area contributed by atoms with Gasteiger partial charge in [0.05, 0.1) is 15.6 Å². The number of pyridine rings is 2. The molecule has 28 heavy (non-hydrogen) atoms. The Bertz CT molecular complexity index is 1060. The molecule has 0 spiro atoms. The van der Waals surface area contributed by atoms with E-state index in [9.17, 15) is 18.0 Å². The van der Waals surface area contributed by atoms with Gasteiger partial charge in [0.1, 0.15) is 6.61 Å². The summed E-state index contributed by atoms with van der Waals surface area (Å²) in [6, 6.07) is 8.41. The monoisotopic (exact) mass is 452 g/mol. The van der Waals surface area contributed by atoms with Gasteiger partial charge in [0.2, 0.25) is 11.3 Å². The maximum atomic E-state index is 13.0. The van der Waals surface area contributed by atoms with Crippen LogP contribution in [0.2, 0.25) is 0 Å². The summed E-state index contributed by atoms with van der Waals surface area (Å²) in [7, 11) is 0. The molecule has 0 aliphatic rings. The van der Waals surface area contributed by atoms with Crippen molar-refractivity contribution in [2.75, 3.05) is 0 Å². The smallest absolute Gasteiger partial charge is 0.416 e. The molecule has 0 aliphatic carbocycles. The maximum absolute atomic E-state index is 13.0. The standard InChI is InChI=1S/C20H16BrF3N2O2/c1-11-17(19(27)18(21)12(2)26-11)13-7-8-16(25-9-13)28-10-14-5-3-4-6-15(14)20(22,23)24/h3-9H,10H2,1-2H3,(H,26,27). The maximum Gasteiger partial charge on any atom is 0.416 e. The van der Waals surface area contributed by atoms with E-state index in [1.54, 1.807) is 19.9 Å². The molecule has 146 valence electrons. The predicted octanol–water partition coefficient (Wildman–Crippen LogP) is 5.41. The van der Waals surface area contributed by atoms with Crippen molar-refractivity contribution in [1.29, 1.82) is 0 Å². The molecule has 0 radical (unpaired) electrons. The quantitative estimate of drug-likeness (QED) is 0.575. The van der Waals surface area contributed by atoms with Crippen molar-refractivity contribution < 1.29 is 17.9 Å². The van der Waals surface area contributed by atoms with Crippen molar-refractivity contribution in [3.63, 3.8) is 0 Å². The van der Waals surface area contributed by atoms with Gasteiger partial charge in [-0.15, -0.1) is 0 Å². The van der Waals surface area contributed by atoms with E-state index in [1.165, 1.54) is 30.5 Å². The van der Waals surface area contributed by atoms with Crippen LogP contribution in [0.25, 0.3) is 11.1 Å². The molecule has 0 bridgehead atoms. The van der Waals surface area contributed by atoms with Gasteiger partial charge < -0.3 is 9.72 Å². The van der Waals surface area contributed by atoms with Crippen LogP contribution in [0, 0.1) is 13.8 Å². The Morgan fingerprint density at radius 2 is 1.82 bits per heavy atom. The number of rotatable bonds is 4. The van der Waals surface area contributed by atoms with Crippen molar-refractivity contribution >= 4 is 15.9 Å². The Hall–Kier alpha value is -2.61. The minimum atomic E-state index is -4.45. The first kappa shape index (κ1) is 20.1. The summed E-state index contributed by atoms with van der Waals surface area (Å²) in [5.41, 5.74) is 1.60. The van der Waals surface area contributed by atoms with Crippen LogP contribution >= 0.6 is 15.9 Å². The number of aromatic nitrogens is 2. The van der Waals surface area contributed by atoms with Crippen LogP contribution < -0.4 is 10.2 Å². The van der Waals surface area contributed by atoms with Gasteiger partial charge in [-0.2, -0.15) is 13.2 Å². The lowest BCUT2D eigenvalue weighted by atomic mass is 10.1. The van der Waals surface area contributed by atoms with Crippen LogP contribution in [-0.2, 0) is 12.8 Å². The molecule has 8 heteroatoms. The van der Waals surface area contributed by atoms with Crippen LogP contribution in [0.4, 0.5) is 13.2 Å². The van der Waals surface area contributed by atoms with E-state index in [1.807, 2.05) is 0 Å². The third-order valence-electron chi connectivity index (χ3n) is 4.23. The zero-order valence-corrected chi connectivity index (χ0v) is 16.6. The van der Waals surface area contributed by atoms with Gasteiger partial charge in [-0.05, 0) is 41.9 Å². The van der Waals surface area contributed by atoms with Crippen molar-refractivity contribution in [3.8, 4) is 17.0 Å². The molecule has 0 aliphatic heterocycles. The number of hydrogen-bond donors (Lipinski definition) is 1. The van der Waals surface area contributed by atoms with E-state index < -0.39 is 11.7 Å². The van der Waals surface area contributed by atoms with E-state index in [0.29, 0.717) is 21.3 Å². The fourth-order valence-corrected chi connectivity index (χ4v) is 3.18. The Labute approximate surface area is 167 Å². The molecular weight excluding hydrogens is 437 g/mol. The summed E-state index contributed by atoms with van der Waals surface area (Å²) >= 11 is 3.27. The number of hydrogen-bond acceptors (Lipinski definition) is 3. The lowest BCUT2D eigenvalue weighted by Gasteiger charge is -2.13. The Kier molecular flexibility index (Phi) is 5.60. The Balaban J connectivity index is 1.82. The van der Waals surface area contributed by atoms with E-state index in [0.717, 1.165) is 11.8 Å². The fourth-order valence-electron chi connectivity index (χ4n) is 2.88. The number of nitrogens with zero attached hydrogens (tertiary/aromatic N) is 1. The average Bonchev–Trinajstić information content (AvgIpc) is 2.65. The zero-order valence-electron chi connectivity index (χ0n) is 15.0. The number of ether oxygens (including phenoxy) is 1. The molecule has 0 unspecified atom stereocenters. The number of nitrogens with one attached hydrogen (secondary N) is 1. The average molecular weight is 453 g/mol. The lowest BCUT2D eigenvalue weighted by molar-refractivity contribution is -0.138. The van der Waals surface area contributed by atoms with Gasteiger partial charge in [-0.3, -0.25) is 4.79 Å². The minimum absolute atomic E-state index is 0.0237. The molecule has 0 saturated heterocycles. The molecule has 2 heterocycles. The largest absolute Gasteiger partial charge is 0.473 e. The van der Waals surface area contributed by atoms with Crippen LogP contribution in [0.3, 0.4) is 0 Å². The minimum Gasteiger partial charge on any atom is -0.473 e. The van der Waals surface area contributed by atoms with Crippen LogP contribution in [0.5, 0.6) is 5.88 Å². The second kappa shape index (κ2) is 7.79. The summed E-state index contributed by atoms with van der Waals surface area (Å²) in [5.74, 6) is 0.168. The van der Waals surface area contributed by atoms with Crippen molar-refractivity contribution in [1.82, 2.24) is 9.97 Å². The Morgan fingerprint density at radius 1 is 1.11 bits per heavy atom. The number of halogens is 4. The molecule has 0 saturated carbocycles. The van der Waals surface area contributed by atoms with Gasteiger partial charge in [-0.25, -0.2) is 4.98 Å². The SMILES string of the molecule is Cc1[nH]c(C)c(-c2ccc(OCc3ccccc3C(F)(F)F)nc2)c(=O)c1Br. The molecule has 0 fully saturated rings. The first-order valence-corrected chi connectivity index (χ1v) is 9.11. The lowest BCUT2D eigenvalue weighted by Crippen LogP contribution is -2.12. The number of aromatic amines is 1. The van der Waals surface area contributed by atoms with Gasteiger partial charge in [0.25, 0.3) is 0 Å². The first-order valence-electron chi connectivity index (χ1n) is 8.31. The van der Waals surface area contributed by atoms with Crippen LogP contribution in [0.1, 0.15) is 22.5 Å². The molecule has 1 N–H and O–H groups in total. The first-order chi connectivity index (χ1) is 13.2. The summed E-state index contributed by atoms with van der Waals surface area (Å²) in [6.45, 7) is 3.31. The molecule has 0 amide bonds. The second-order valence-corrected chi connectivity index (χ2v) is 7.01. The number of aryl methyl sites for hydroxylation is 2. The summed E-state index contributed by atoms with van der Waals surface area (Å²) < 4.78 is 45.0. The van der Waals surface area contributed by atoms with Crippen LogP contribution in [-0.4, -0.2) is 9.97 Å². The second-order valence-electron chi connectivity index (χ2n) is 6.22. The van der Waals surface area contributed by atoms with Gasteiger partial charge in [-0.1, -0.05) is 18.2 Å². The number of benzene rings is 1. The molecule has 0 atom stereocenters. The fraction of sp³-hybridized carbons (Fsp3) is 0.200. The highest BCUT2D eigenvalue weighted by atomic mass is 79.9. The van der Waals surface area contributed by atoms with Crippen LogP contribution in [0.15, 0.2) is 51.9 Å². The van der Waals surface area contributed by atoms with Crippen molar-refractivity contribution in [2.24, 2.45) is 0 Å². The third kappa shape index (κ3) is 4.11. The van der Waals surface area contributed by atoms with E-state index >= 15 is 0 Å². The van der Waals surface area contributed by atoms with Crippen molar-refractivity contribution in [3.05, 3.63) is 79.8 Å². The van der Waals surface area contributed by atoms with E-state index in [2.05, 4.69) is 25.9 Å². The zero-order chi connectivity index (χ0) is 20.5. The highest BCUT2D eigenvalue weighted by Crippen LogP contribution is 2.32. The number of alkyl halides is 3. The molecule has 3 aromatic rings. The number of H-pyrrole nitrogens is 1. The molecule has 1 aromatic carbocycles. The van der Waals surface area contributed by atoms with Gasteiger partial charge >= 0.3 is 6.18 Å². The summed E-state index contributed by atoms with van der Waals surface area (Å²) in [6.07, 6.45) is -2.99. The summed E-state index contributed by atoms with van der Waals surface area (Å²) in [4.78, 5) is 19.7. The topological polar surface area (TPSA) is 55.0 Å².